The minimum atomic E-state index is -0.792. The van der Waals surface area contributed by atoms with Gasteiger partial charge in [0.25, 0.3) is 0 Å². The maximum absolute atomic E-state index is 12.6. The second-order valence-corrected chi connectivity index (χ2v) is 6.74. The number of hydrogen-bond donors (Lipinski definition) is 3. The van der Waals surface area contributed by atoms with Crippen LogP contribution < -0.4 is 16.8 Å². The third-order valence-electron chi connectivity index (χ3n) is 4.41. The Morgan fingerprint density at radius 3 is 2.14 bits per heavy atom. The number of unbranched alkanes of at least 4 members (excludes halogenated alkanes) is 1. The number of nitrogens with one attached hydrogen (secondary N) is 1. The smallest absolute Gasteiger partial charge is 0.329 e. The molecule has 1 amide bonds. The molecule has 150 valence electrons. The number of amides is 1. The molecule has 0 heterocycles. The van der Waals surface area contributed by atoms with Gasteiger partial charge in [-0.3, -0.25) is 4.79 Å². The maximum Gasteiger partial charge on any atom is 0.329 e. The third kappa shape index (κ3) is 7.50. The Morgan fingerprint density at radius 2 is 1.54 bits per heavy atom. The molecule has 0 bridgehead atoms. The first-order valence-electron chi connectivity index (χ1n) is 9.60. The van der Waals surface area contributed by atoms with Gasteiger partial charge in [-0.25, -0.2) is 4.79 Å². The third-order valence-corrected chi connectivity index (χ3v) is 4.41. The van der Waals surface area contributed by atoms with Gasteiger partial charge in [-0.1, -0.05) is 67.1 Å². The summed E-state index contributed by atoms with van der Waals surface area (Å²) in [5, 5.41) is 2.76. The topological polar surface area (TPSA) is 107 Å². The van der Waals surface area contributed by atoms with Crippen molar-refractivity contribution < 1.29 is 14.3 Å². The fourth-order valence-corrected chi connectivity index (χ4v) is 2.79. The summed E-state index contributed by atoms with van der Waals surface area (Å²) in [4.78, 5) is 25.1. The molecule has 28 heavy (non-hydrogen) atoms. The summed E-state index contributed by atoms with van der Waals surface area (Å²) < 4.78 is 5.43. The normalized spacial score (nSPS) is 12.8. The predicted molar refractivity (Wildman–Crippen MR) is 109 cm³/mol. The zero-order valence-corrected chi connectivity index (χ0v) is 16.1. The molecular weight excluding hydrogens is 354 g/mol. The molecule has 2 atom stereocenters. The zero-order chi connectivity index (χ0) is 20.2. The molecule has 2 aromatic carbocycles. The van der Waals surface area contributed by atoms with Crippen molar-refractivity contribution >= 4 is 11.9 Å². The van der Waals surface area contributed by atoms with Crippen LogP contribution in [0.2, 0.25) is 0 Å². The molecule has 0 aromatic heterocycles. The summed E-state index contributed by atoms with van der Waals surface area (Å²) in [6.45, 7) is 0.722. The Labute approximate surface area is 166 Å². The van der Waals surface area contributed by atoms with Crippen molar-refractivity contribution in [3.63, 3.8) is 0 Å². The summed E-state index contributed by atoms with van der Waals surface area (Å²) in [6, 6.07) is 17.5. The van der Waals surface area contributed by atoms with Crippen LogP contribution in [0.4, 0.5) is 0 Å². The first-order valence-corrected chi connectivity index (χ1v) is 9.60. The van der Waals surface area contributed by atoms with Crippen LogP contribution in [0.25, 0.3) is 0 Å². The van der Waals surface area contributed by atoms with Crippen LogP contribution in [-0.4, -0.2) is 30.5 Å². The fraction of sp³-hybridized carbons (Fsp3) is 0.364. The lowest BCUT2D eigenvalue weighted by molar-refractivity contribution is -0.149. The van der Waals surface area contributed by atoms with Gasteiger partial charge in [0.15, 0.2) is 0 Å². The van der Waals surface area contributed by atoms with Crippen LogP contribution in [0.5, 0.6) is 0 Å². The molecule has 2 aromatic rings. The lowest BCUT2D eigenvalue weighted by Gasteiger charge is -2.20. The van der Waals surface area contributed by atoms with Gasteiger partial charge in [-0.05, 0) is 30.5 Å². The molecule has 0 fully saturated rings. The average Bonchev–Trinajstić information content (AvgIpc) is 2.73. The van der Waals surface area contributed by atoms with E-state index in [1.165, 1.54) is 0 Å². The van der Waals surface area contributed by atoms with Crippen LogP contribution in [0.3, 0.4) is 0 Å². The van der Waals surface area contributed by atoms with Gasteiger partial charge in [0.2, 0.25) is 5.91 Å². The van der Waals surface area contributed by atoms with E-state index in [9.17, 15) is 9.59 Å². The van der Waals surface area contributed by atoms with Crippen LogP contribution in [0, 0.1) is 0 Å². The molecule has 2 rings (SSSR count). The molecule has 0 saturated carbocycles. The molecular formula is C22H29N3O3. The average molecular weight is 383 g/mol. The Bertz CT molecular complexity index is 722. The zero-order valence-electron chi connectivity index (χ0n) is 16.1. The lowest BCUT2D eigenvalue weighted by atomic mass is 10.0. The second-order valence-electron chi connectivity index (χ2n) is 6.74. The van der Waals surface area contributed by atoms with Crippen molar-refractivity contribution in [1.82, 2.24) is 5.32 Å². The monoisotopic (exact) mass is 383 g/mol. The first kappa shape index (κ1) is 21.6. The number of rotatable bonds is 11. The van der Waals surface area contributed by atoms with Crippen molar-refractivity contribution in [2.75, 3.05) is 6.54 Å². The molecule has 0 spiro atoms. The number of nitrogens with two attached hydrogens (primary N) is 2. The van der Waals surface area contributed by atoms with E-state index in [2.05, 4.69) is 5.32 Å². The Balaban J connectivity index is 1.99. The first-order chi connectivity index (χ1) is 13.6. The summed E-state index contributed by atoms with van der Waals surface area (Å²) in [5.74, 6) is -0.829. The van der Waals surface area contributed by atoms with E-state index in [0.29, 0.717) is 19.4 Å². The Hall–Kier alpha value is -2.70. The van der Waals surface area contributed by atoms with E-state index in [0.717, 1.165) is 24.0 Å². The number of ether oxygens (including phenoxy) is 1. The number of benzene rings is 2. The van der Waals surface area contributed by atoms with Crippen molar-refractivity contribution in [1.29, 1.82) is 0 Å². The minimum Gasteiger partial charge on any atom is -0.459 e. The van der Waals surface area contributed by atoms with Crippen molar-refractivity contribution in [3.8, 4) is 0 Å². The molecule has 5 N–H and O–H groups in total. The van der Waals surface area contributed by atoms with Crippen LogP contribution >= 0.6 is 0 Å². The van der Waals surface area contributed by atoms with Crippen molar-refractivity contribution in [2.45, 2.75) is 44.4 Å². The SMILES string of the molecule is NCCCCC(N)C(=O)NC(Cc1ccccc1)C(=O)OCc1ccccc1. The van der Waals surface area contributed by atoms with E-state index in [1.54, 1.807) is 0 Å². The summed E-state index contributed by atoms with van der Waals surface area (Å²) in [7, 11) is 0. The second kappa shape index (κ2) is 11.9. The quantitative estimate of drug-likeness (QED) is 0.406. The minimum absolute atomic E-state index is 0.156. The maximum atomic E-state index is 12.6. The highest BCUT2D eigenvalue weighted by Gasteiger charge is 2.25. The summed E-state index contributed by atoms with van der Waals surface area (Å²) >= 11 is 0. The number of hydrogen-bond acceptors (Lipinski definition) is 5. The highest BCUT2D eigenvalue weighted by molar-refractivity contribution is 5.87. The molecule has 0 saturated heterocycles. The molecule has 2 unspecified atom stereocenters. The van der Waals surface area contributed by atoms with Gasteiger partial charge in [0.05, 0.1) is 6.04 Å². The van der Waals surface area contributed by atoms with Gasteiger partial charge >= 0.3 is 5.97 Å². The van der Waals surface area contributed by atoms with Crippen molar-refractivity contribution in [3.05, 3.63) is 71.8 Å². The number of esters is 1. The van der Waals surface area contributed by atoms with E-state index in [1.807, 2.05) is 60.7 Å². The van der Waals surface area contributed by atoms with Crippen LogP contribution in [0.15, 0.2) is 60.7 Å². The van der Waals surface area contributed by atoms with Gasteiger partial charge in [-0.2, -0.15) is 0 Å². The standard InChI is InChI=1S/C22H29N3O3/c23-14-8-7-13-19(24)21(26)25-20(15-17-9-3-1-4-10-17)22(27)28-16-18-11-5-2-6-12-18/h1-6,9-12,19-20H,7-8,13-16,23-24H2,(H,25,26). The lowest BCUT2D eigenvalue weighted by Crippen LogP contribution is -2.49. The molecule has 0 radical (unpaired) electrons. The largest absolute Gasteiger partial charge is 0.459 e. The van der Waals surface area contributed by atoms with Crippen LogP contribution in [0.1, 0.15) is 30.4 Å². The Kier molecular flexibility index (Phi) is 9.18. The van der Waals surface area contributed by atoms with Gasteiger partial charge in [0.1, 0.15) is 12.6 Å². The van der Waals surface area contributed by atoms with E-state index < -0.39 is 18.1 Å². The Morgan fingerprint density at radius 1 is 0.929 bits per heavy atom. The van der Waals surface area contributed by atoms with Gasteiger partial charge in [0, 0.05) is 6.42 Å². The summed E-state index contributed by atoms with van der Waals surface area (Å²) in [6.07, 6.45) is 2.45. The van der Waals surface area contributed by atoms with E-state index in [-0.39, 0.29) is 12.5 Å². The molecule has 6 nitrogen and oxygen atoms in total. The van der Waals surface area contributed by atoms with E-state index >= 15 is 0 Å². The van der Waals surface area contributed by atoms with E-state index in [4.69, 9.17) is 16.2 Å². The fourth-order valence-electron chi connectivity index (χ4n) is 2.79. The molecule has 0 aliphatic heterocycles. The molecule has 0 aliphatic rings. The molecule has 6 heteroatoms. The highest BCUT2D eigenvalue weighted by atomic mass is 16.5. The van der Waals surface area contributed by atoms with Crippen LogP contribution in [-0.2, 0) is 27.4 Å². The van der Waals surface area contributed by atoms with Crippen molar-refractivity contribution in [2.24, 2.45) is 11.5 Å². The molecule has 0 aliphatic carbocycles. The number of carbonyl (C=O) groups is 2. The number of carbonyl (C=O) groups excluding carboxylic acids is 2. The predicted octanol–water partition coefficient (Wildman–Crippen LogP) is 1.91. The van der Waals surface area contributed by atoms with Gasteiger partial charge < -0.3 is 21.5 Å². The van der Waals surface area contributed by atoms with Gasteiger partial charge in [-0.15, -0.1) is 0 Å². The highest BCUT2D eigenvalue weighted by Crippen LogP contribution is 2.08. The summed E-state index contributed by atoms with van der Waals surface area (Å²) in [5.41, 5.74) is 13.3.